The molecule has 0 bridgehead atoms. The van der Waals surface area contributed by atoms with Crippen molar-refractivity contribution in [3.63, 3.8) is 0 Å². The maximum absolute atomic E-state index is 12.0. The summed E-state index contributed by atoms with van der Waals surface area (Å²) in [7, 11) is -1.06. The smallest absolute Gasteiger partial charge is 0.0975 e. The first kappa shape index (κ1) is 14.7. The third-order valence-electron chi connectivity index (χ3n) is 2.49. The molecular weight excluding hydrogens is 254 g/mol. The molecule has 0 heterocycles. The summed E-state index contributed by atoms with van der Waals surface area (Å²) in [6, 6.07) is 7.78. The number of hydrogen-bond acceptors (Lipinski definition) is 1. The van der Waals surface area contributed by atoms with Crippen LogP contribution in [0.3, 0.4) is 0 Å². The summed E-state index contributed by atoms with van der Waals surface area (Å²) in [6.45, 7) is 7.96. The van der Waals surface area contributed by atoms with Crippen LogP contribution in [0.15, 0.2) is 24.3 Å². The summed E-state index contributed by atoms with van der Waals surface area (Å²) in [5.41, 5.74) is 1.12. The van der Waals surface area contributed by atoms with E-state index >= 15 is 0 Å². The third kappa shape index (κ3) is 4.41. The van der Waals surface area contributed by atoms with E-state index in [1.807, 2.05) is 45.0 Å². The first-order valence-corrected chi connectivity index (χ1v) is 7.31. The number of rotatable bonds is 4. The lowest BCUT2D eigenvalue weighted by atomic mass is 10.1. The molecule has 0 saturated heterocycles. The molecule has 2 nitrogen and oxygen atoms in total. The van der Waals surface area contributed by atoms with Gasteiger partial charge in [-0.05, 0) is 44.9 Å². The fraction of sp³-hybridized carbons (Fsp3) is 0.538. The van der Waals surface area contributed by atoms with Gasteiger partial charge in [-0.25, -0.2) is 8.93 Å². The predicted molar refractivity (Wildman–Crippen MR) is 75.5 cm³/mol. The van der Waals surface area contributed by atoms with Crippen molar-refractivity contribution in [2.24, 2.45) is 0 Å². The second kappa shape index (κ2) is 5.98. The second-order valence-electron chi connectivity index (χ2n) is 5.01. The molecule has 0 spiro atoms. The molecule has 0 aliphatic heterocycles. The van der Waals surface area contributed by atoms with Gasteiger partial charge in [0, 0.05) is 11.1 Å². The van der Waals surface area contributed by atoms with Gasteiger partial charge in [-0.15, -0.1) is 0 Å². The lowest BCUT2D eigenvalue weighted by Crippen LogP contribution is -2.35. The third-order valence-corrected chi connectivity index (χ3v) is 4.35. The Morgan fingerprint density at radius 3 is 2.24 bits per heavy atom. The highest BCUT2D eigenvalue weighted by Gasteiger charge is 2.22. The summed E-state index contributed by atoms with van der Waals surface area (Å²) in [5, 5.41) is 0.723. The Bertz CT molecular complexity index is 383. The minimum atomic E-state index is -1.06. The van der Waals surface area contributed by atoms with E-state index in [4.69, 9.17) is 11.6 Å². The van der Waals surface area contributed by atoms with Crippen molar-refractivity contribution in [2.45, 2.75) is 44.9 Å². The Hall–Kier alpha value is -0.380. The summed E-state index contributed by atoms with van der Waals surface area (Å²) in [5.74, 6) is 0. The van der Waals surface area contributed by atoms with Gasteiger partial charge in [-0.1, -0.05) is 30.7 Å². The van der Waals surface area contributed by atoms with Crippen LogP contribution in [0.4, 0.5) is 0 Å². The first-order chi connectivity index (χ1) is 7.84. The van der Waals surface area contributed by atoms with Gasteiger partial charge in [0.15, 0.2) is 0 Å². The number of halogens is 1. The molecule has 0 fully saturated rings. The van der Waals surface area contributed by atoms with Gasteiger partial charge in [-0.2, -0.15) is 0 Å². The molecule has 0 aromatic heterocycles. The Morgan fingerprint density at radius 1 is 1.29 bits per heavy atom. The van der Waals surface area contributed by atoms with Crippen LogP contribution in [-0.2, 0) is 11.0 Å². The predicted octanol–water partition coefficient (Wildman–Crippen LogP) is 3.84. The molecule has 0 unspecified atom stereocenters. The lowest BCUT2D eigenvalue weighted by molar-refractivity contribution is 0.589. The SMILES string of the molecule is CC[C@@H](N[S@](=O)C(C)(C)C)c1ccc(Cl)cc1. The van der Waals surface area contributed by atoms with E-state index in [-0.39, 0.29) is 10.8 Å². The van der Waals surface area contributed by atoms with Crippen molar-refractivity contribution in [1.29, 1.82) is 0 Å². The van der Waals surface area contributed by atoms with Crippen molar-refractivity contribution in [1.82, 2.24) is 4.72 Å². The fourth-order valence-corrected chi connectivity index (χ4v) is 2.43. The molecule has 0 saturated carbocycles. The van der Waals surface area contributed by atoms with Crippen LogP contribution in [-0.4, -0.2) is 8.96 Å². The molecule has 2 atom stereocenters. The van der Waals surface area contributed by atoms with Gasteiger partial charge in [0.1, 0.15) is 0 Å². The van der Waals surface area contributed by atoms with Crippen molar-refractivity contribution < 1.29 is 4.21 Å². The zero-order valence-electron chi connectivity index (χ0n) is 10.8. The zero-order chi connectivity index (χ0) is 13.1. The monoisotopic (exact) mass is 273 g/mol. The minimum Gasteiger partial charge on any atom is -0.242 e. The van der Waals surface area contributed by atoms with Crippen LogP contribution in [0.5, 0.6) is 0 Å². The van der Waals surface area contributed by atoms with Gasteiger partial charge in [0.05, 0.1) is 15.7 Å². The van der Waals surface area contributed by atoms with Gasteiger partial charge in [0.25, 0.3) is 0 Å². The Labute approximate surface area is 111 Å². The largest absolute Gasteiger partial charge is 0.242 e. The van der Waals surface area contributed by atoms with Crippen LogP contribution in [0.25, 0.3) is 0 Å². The van der Waals surface area contributed by atoms with E-state index in [1.165, 1.54) is 0 Å². The Kier molecular flexibility index (Phi) is 5.17. The van der Waals surface area contributed by atoms with Crippen molar-refractivity contribution in [3.8, 4) is 0 Å². The standard InChI is InChI=1S/C13H20ClNOS/c1-5-12(15-17(16)13(2,3)4)10-6-8-11(14)9-7-10/h6-9,12,15H,5H2,1-4H3/t12-,17-/m1/s1. The molecule has 4 heteroatoms. The molecule has 1 aromatic carbocycles. The van der Waals surface area contributed by atoms with Crippen molar-refractivity contribution >= 4 is 22.6 Å². The quantitative estimate of drug-likeness (QED) is 0.887. The van der Waals surface area contributed by atoms with Gasteiger partial charge < -0.3 is 0 Å². The summed E-state index contributed by atoms with van der Waals surface area (Å²) in [4.78, 5) is 0. The van der Waals surface area contributed by atoms with E-state index in [9.17, 15) is 4.21 Å². The molecule has 1 N–H and O–H groups in total. The van der Waals surface area contributed by atoms with Gasteiger partial charge in [-0.3, -0.25) is 0 Å². The lowest BCUT2D eigenvalue weighted by Gasteiger charge is -2.23. The summed E-state index contributed by atoms with van der Waals surface area (Å²) >= 11 is 5.86. The topological polar surface area (TPSA) is 29.1 Å². The second-order valence-corrected chi connectivity index (χ2v) is 7.45. The van der Waals surface area contributed by atoms with E-state index in [0.29, 0.717) is 0 Å². The van der Waals surface area contributed by atoms with Crippen LogP contribution in [0.2, 0.25) is 5.02 Å². The van der Waals surface area contributed by atoms with Crippen LogP contribution < -0.4 is 4.72 Å². The van der Waals surface area contributed by atoms with Crippen LogP contribution >= 0.6 is 11.6 Å². The molecule has 0 aliphatic carbocycles. The average Bonchev–Trinajstić information content (AvgIpc) is 2.25. The Balaban J connectivity index is 2.79. The highest BCUT2D eigenvalue weighted by molar-refractivity contribution is 7.84. The molecule has 0 aliphatic rings. The molecule has 17 heavy (non-hydrogen) atoms. The molecule has 1 rings (SSSR count). The Morgan fingerprint density at radius 2 is 1.82 bits per heavy atom. The summed E-state index contributed by atoms with van der Waals surface area (Å²) in [6.07, 6.45) is 0.892. The highest BCUT2D eigenvalue weighted by atomic mass is 35.5. The number of nitrogens with one attached hydrogen (secondary N) is 1. The summed E-state index contributed by atoms with van der Waals surface area (Å²) < 4.78 is 15.0. The average molecular weight is 274 g/mol. The van der Waals surface area contributed by atoms with E-state index in [0.717, 1.165) is 17.0 Å². The number of hydrogen-bond donors (Lipinski definition) is 1. The molecule has 1 aromatic rings. The molecular formula is C13H20ClNOS. The van der Waals surface area contributed by atoms with E-state index < -0.39 is 11.0 Å². The molecule has 96 valence electrons. The van der Waals surface area contributed by atoms with Crippen molar-refractivity contribution in [2.75, 3.05) is 0 Å². The van der Waals surface area contributed by atoms with Crippen LogP contribution in [0, 0.1) is 0 Å². The van der Waals surface area contributed by atoms with E-state index in [2.05, 4.69) is 11.6 Å². The minimum absolute atomic E-state index is 0.104. The number of benzene rings is 1. The fourth-order valence-electron chi connectivity index (χ4n) is 1.39. The van der Waals surface area contributed by atoms with E-state index in [1.54, 1.807) is 0 Å². The van der Waals surface area contributed by atoms with Gasteiger partial charge in [0.2, 0.25) is 0 Å². The maximum atomic E-state index is 12.0. The normalized spacial score (nSPS) is 15.6. The molecule has 0 radical (unpaired) electrons. The van der Waals surface area contributed by atoms with Crippen molar-refractivity contribution in [3.05, 3.63) is 34.9 Å². The maximum Gasteiger partial charge on any atom is 0.0975 e. The molecule has 0 amide bonds. The zero-order valence-corrected chi connectivity index (χ0v) is 12.4. The van der Waals surface area contributed by atoms with Crippen LogP contribution in [0.1, 0.15) is 45.7 Å². The highest BCUT2D eigenvalue weighted by Crippen LogP contribution is 2.21. The first-order valence-electron chi connectivity index (χ1n) is 5.78. The van der Waals surface area contributed by atoms with Gasteiger partial charge >= 0.3 is 0 Å².